The minimum atomic E-state index is -0.151. The summed E-state index contributed by atoms with van der Waals surface area (Å²) in [5.41, 5.74) is 3.31. The zero-order chi connectivity index (χ0) is 14.1. The van der Waals surface area contributed by atoms with E-state index in [-0.39, 0.29) is 17.9 Å². The third-order valence-electron chi connectivity index (χ3n) is 4.01. The Hall–Kier alpha value is -1.38. The summed E-state index contributed by atoms with van der Waals surface area (Å²) >= 11 is 6.02. The number of rotatable bonds is 3. The Labute approximate surface area is 123 Å². The first kappa shape index (κ1) is 13.6. The smallest absolute Gasteiger partial charge is 0.127 e. The Balaban J connectivity index is 1.79. The van der Waals surface area contributed by atoms with Gasteiger partial charge in [-0.2, -0.15) is 0 Å². The average Bonchev–Trinajstić information content (AvgIpc) is 2.81. The van der Waals surface area contributed by atoms with Crippen molar-refractivity contribution in [2.24, 2.45) is 0 Å². The van der Waals surface area contributed by atoms with Gasteiger partial charge in [0.05, 0.1) is 0 Å². The fourth-order valence-electron chi connectivity index (χ4n) is 2.98. The molecule has 3 heteroatoms. The number of benzene rings is 2. The van der Waals surface area contributed by atoms with Crippen LogP contribution >= 0.6 is 11.6 Å². The molecule has 0 aromatic heterocycles. The van der Waals surface area contributed by atoms with E-state index in [1.165, 1.54) is 17.2 Å². The van der Waals surface area contributed by atoms with Gasteiger partial charge in [-0.25, -0.2) is 4.39 Å². The van der Waals surface area contributed by atoms with Crippen LogP contribution < -0.4 is 5.32 Å². The van der Waals surface area contributed by atoms with E-state index in [0.717, 1.165) is 23.4 Å². The van der Waals surface area contributed by atoms with E-state index in [1.807, 2.05) is 31.2 Å². The molecule has 0 saturated carbocycles. The Bertz CT molecular complexity index is 626. The molecule has 0 amide bonds. The molecule has 2 aromatic rings. The SMILES string of the molecule is CC(NC1CCc2cc(Cl)ccc21)c1ccccc1F. The number of nitrogens with one attached hydrogen (secondary N) is 1. The van der Waals surface area contributed by atoms with Gasteiger partial charge in [0.1, 0.15) is 5.82 Å². The maximum Gasteiger partial charge on any atom is 0.127 e. The molecule has 1 aliphatic rings. The lowest BCUT2D eigenvalue weighted by Crippen LogP contribution is -2.23. The predicted molar refractivity (Wildman–Crippen MR) is 80.5 cm³/mol. The van der Waals surface area contributed by atoms with Crippen LogP contribution in [0.25, 0.3) is 0 Å². The van der Waals surface area contributed by atoms with Gasteiger partial charge < -0.3 is 5.32 Å². The molecule has 2 atom stereocenters. The highest BCUT2D eigenvalue weighted by atomic mass is 35.5. The van der Waals surface area contributed by atoms with Crippen molar-refractivity contribution in [2.75, 3.05) is 0 Å². The van der Waals surface area contributed by atoms with Gasteiger partial charge in [0.2, 0.25) is 0 Å². The van der Waals surface area contributed by atoms with Crippen LogP contribution in [0.1, 0.15) is 42.1 Å². The van der Waals surface area contributed by atoms with E-state index in [2.05, 4.69) is 11.4 Å². The summed E-state index contributed by atoms with van der Waals surface area (Å²) in [5.74, 6) is -0.151. The molecule has 1 N–H and O–H groups in total. The van der Waals surface area contributed by atoms with Gasteiger partial charge in [0.15, 0.2) is 0 Å². The molecule has 0 spiro atoms. The van der Waals surface area contributed by atoms with Gasteiger partial charge in [-0.15, -0.1) is 0 Å². The van der Waals surface area contributed by atoms with Crippen LogP contribution in [0.2, 0.25) is 5.02 Å². The highest BCUT2D eigenvalue weighted by Crippen LogP contribution is 2.34. The first-order valence-electron chi connectivity index (χ1n) is 6.94. The van der Waals surface area contributed by atoms with E-state index in [0.29, 0.717) is 0 Å². The Morgan fingerprint density at radius 1 is 1.25 bits per heavy atom. The molecule has 0 saturated heterocycles. The van der Waals surface area contributed by atoms with Gasteiger partial charge in [0.25, 0.3) is 0 Å². The number of fused-ring (bicyclic) bond motifs is 1. The molecule has 1 aliphatic carbocycles. The van der Waals surface area contributed by atoms with Crippen LogP contribution in [0.3, 0.4) is 0 Å². The zero-order valence-electron chi connectivity index (χ0n) is 11.4. The summed E-state index contributed by atoms with van der Waals surface area (Å²) < 4.78 is 13.8. The zero-order valence-corrected chi connectivity index (χ0v) is 12.1. The van der Waals surface area contributed by atoms with Crippen LogP contribution in [0.5, 0.6) is 0 Å². The third kappa shape index (κ3) is 2.58. The van der Waals surface area contributed by atoms with Crippen molar-refractivity contribution in [3.8, 4) is 0 Å². The van der Waals surface area contributed by atoms with E-state index in [4.69, 9.17) is 11.6 Å². The minimum Gasteiger partial charge on any atom is -0.303 e. The van der Waals surface area contributed by atoms with Gasteiger partial charge in [-0.3, -0.25) is 0 Å². The van der Waals surface area contributed by atoms with Crippen LogP contribution in [0, 0.1) is 5.82 Å². The number of halogens is 2. The van der Waals surface area contributed by atoms with Crippen molar-refractivity contribution in [3.63, 3.8) is 0 Å². The second kappa shape index (κ2) is 5.55. The van der Waals surface area contributed by atoms with Gasteiger partial charge >= 0.3 is 0 Å². The summed E-state index contributed by atoms with van der Waals surface area (Å²) in [7, 11) is 0. The van der Waals surface area contributed by atoms with E-state index >= 15 is 0 Å². The topological polar surface area (TPSA) is 12.0 Å². The van der Waals surface area contributed by atoms with Crippen molar-refractivity contribution in [3.05, 3.63) is 70.0 Å². The Morgan fingerprint density at radius 3 is 2.85 bits per heavy atom. The van der Waals surface area contributed by atoms with Crippen molar-refractivity contribution < 1.29 is 4.39 Å². The van der Waals surface area contributed by atoms with Crippen LogP contribution in [0.15, 0.2) is 42.5 Å². The second-order valence-corrected chi connectivity index (χ2v) is 5.78. The van der Waals surface area contributed by atoms with Gasteiger partial charge in [-0.05, 0) is 49.1 Å². The van der Waals surface area contributed by atoms with Crippen LogP contribution in [-0.2, 0) is 6.42 Å². The van der Waals surface area contributed by atoms with Crippen LogP contribution in [0.4, 0.5) is 4.39 Å². The molecular weight excluding hydrogens is 273 g/mol. The molecule has 0 aliphatic heterocycles. The lowest BCUT2D eigenvalue weighted by molar-refractivity contribution is 0.450. The van der Waals surface area contributed by atoms with Crippen molar-refractivity contribution in [2.45, 2.75) is 31.8 Å². The standard InChI is InChI=1S/C17H17ClFN/c1-11(14-4-2-3-5-16(14)19)20-17-9-6-12-10-13(18)7-8-15(12)17/h2-5,7-8,10-11,17,20H,6,9H2,1H3. The molecule has 0 heterocycles. The fourth-order valence-corrected chi connectivity index (χ4v) is 3.17. The monoisotopic (exact) mass is 289 g/mol. The normalized spacial score (nSPS) is 18.9. The van der Waals surface area contributed by atoms with Crippen molar-refractivity contribution in [1.82, 2.24) is 5.32 Å². The lowest BCUT2D eigenvalue weighted by Gasteiger charge is -2.21. The molecule has 0 bridgehead atoms. The molecule has 0 radical (unpaired) electrons. The average molecular weight is 290 g/mol. The second-order valence-electron chi connectivity index (χ2n) is 5.34. The highest BCUT2D eigenvalue weighted by molar-refractivity contribution is 6.30. The molecule has 3 rings (SSSR count). The van der Waals surface area contributed by atoms with Gasteiger partial charge in [-0.1, -0.05) is 35.9 Å². The van der Waals surface area contributed by atoms with E-state index < -0.39 is 0 Å². The third-order valence-corrected chi connectivity index (χ3v) is 4.24. The van der Waals surface area contributed by atoms with Crippen molar-refractivity contribution in [1.29, 1.82) is 0 Å². The Morgan fingerprint density at radius 2 is 2.05 bits per heavy atom. The fraction of sp³-hybridized carbons (Fsp3) is 0.294. The molecular formula is C17H17ClFN. The van der Waals surface area contributed by atoms with Crippen molar-refractivity contribution >= 4 is 11.6 Å². The largest absolute Gasteiger partial charge is 0.303 e. The van der Waals surface area contributed by atoms with Crippen LogP contribution in [-0.4, -0.2) is 0 Å². The first-order valence-corrected chi connectivity index (χ1v) is 7.32. The molecule has 0 fully saturated rings. The summed E-state index contributed by atoms with van der Waals surface area (Å²) in [5, 5.41) is 4.31. The summed E-state index contributed by atoms with van der Waals surface area (Å²) in [6.45, 7) is 2.01. The van der Waals surface area contributed by atoms with E-state index in [9.17, 15) is 4.39 Å². The number of hydrogen-bond acceptors (Lipinski definition) is 1. The Kier molecular flexibility index (Phi) is 3.77. The van der Waals surface area contributed by atoms with Gasteiger partial charge in [0, 0.05) is 22.7 Å². The number of aryl methyl sites for hydroxylation is 1. The molecule has 2 aromatic carbocycles. The van der Waals surface area contributed by atoms with E-state index in [1.54, 1.807) is 6.07 Å². The molecule has 2 unspecified atom stereocenters. The highest BCUT2D eigenvalue weighted by Gasteiger charge is 2.24. The molecule has 1 nitrogen and oxygen atoms in total. The quantitative estimate of drug-likeness (QED) is 0.854. The molecule has 104 valence electrons. The lowest BCUT2D eigenvalue weighted by atomic mass is 10.0. The maximum atomic E-state index is 13.8. The summed E-state index contributed by atoms with van der Waals surface area (Å²) in [4.78, 5) is 0. The summed E-state index contributed by atoms with van der Waals surface area (Å²) in [6, 6.07) is 13.2. The number of hydrogen-bond donors (Lipinski definition) is 1. The predicted octanol–water partition coefficient (Wildman–Crippen LogP) is 4.82. The first-order chi connectivity index (χ1) is 9.65. The molecule has 20 heavy (non-hydrogen) atoms. The minimum absolute atomic E-state index is 0.0113. The summed E-state index contributed by atoms with van der Waals surface area (Å²) in [6.07, 6.45) is 2.06. The maximum absolute atomic E-state index is 13.8.